The number of nitro groups is 1. The van der Waals surface area contributed by atoms with Gasteiger partial charge in [-0.05, 0) is 31.9 Å². The molecule has 0 saturated carbocycles. The number of hydrogen-bond donors (Lipinski definition) is 1. The second kappa shape index (κ2) is 5.40. The second-order valence-electron chi connectivity index (χ2n) is 5.13. The number of nitrogens with zero attached hydrogens (tertiary/aromatic N) is 3. The van der Waals surface area contributed by atoms with Gasteiger partial charge >= 0.3 is 5.69 Å². The van der Waals surface area contributed by atoms with Gasteiger partial charge in [0.25, 0.3) is 0 Å². The number of hydrogen-bond acceptors (Lipinski definition) is 5. The van der Waals surface area contributed by atoms with Crippen molar-refractivity contribution in [3.8, 4) is 0 Å². The van der Waals surface area contributed by atoms with E-state index in [4.69, 9.17) is 0 Å². The largest absolute Gasteiger partial charge is 0.363 e. The van der Waals surface area contributed by atoms with Gasteiger partial charge in [-0.1, -0.05) is 6.92 Å². The van der Waals surface area contributed by atoms with E-state index in [2.05, 4.69) is 17.3 Å². The first-order chi connectivity index (χ1) is 8.97. The molecule has 2 rings (SSSR count). The standard InChI is InChI=1S/C12H20N4O2S/c1-4-9-10(16(17)18)11(15(3)14-9)13-8-12(2)6-5-7-19-12/h13H,4-8H2,1-3H3. The molecular weight excluding hydrogens is 264 g/mol. The molecule has 1 aliphatic rings. The lowest BCUT2D eigenvalue weighted by Gasteiger charge is -2.23. The summed E-state index contributed by atoms with van der Waals surface area (Å²) in [6.07, 6.45) is 2.94. The van der Waals surface area contributed by atoms with Crippen LogP contribution >= 0.6 is 11.8 Å². The molecule has 0 bridgehead atoms. The maximum atomic E-state index is 11.2. The average molecular weight is 284 g/mol. The predicted octanol–water partition coefficient (Wildman–Crippen LogP) is 2.59. The molecule has 0 radical (unpaired) electrons. The van der Waals surface area contributed by atoms with Crippen LogP contribution in [0.15, 0.2) is 0 Å². The lowest BCUT2D eigenvalue weighted by Crippen LogP contribution is -2.28. The number of thioether (sulfide) groups is 1. The van der Waals surface area contributed by atoms with Gasteiger partial charge in [0.15, 0.2) is 0 Å². The molecule has 1 saturated heterocycles. The van der Waals surface area contributed by atoms with Crippen molar-refractivity contribution < 1.29 is 4.92 Å². The highest BCUT2D eigenvalue weighted by atomic mass is 32.2. The zero-order valence-corrected chi connectivity index (χ0v) is 12.4. The van der Waals surface area contributed by atoms with Crippen LogP contribution < -0.4 is 5.32 Å². The monoisotopic (exact) mass is 284 g/mol. The van der Waals surface area contributed by atoms with E-state index in [-0.39, 0.29) is 15.4 Å². The van der Waals surface area contributed by atoms with Crippen LogP contribution in [0.1, 0.15) is 32.4 Å². The van der Waals surface area contributed by atoms with Crippen molar-refractivity contribution >= 4 is 23.3 Å². The van der Waals surface area contributed by atoms with E-state index in [1.54, 1.807) is 11.7 Å². The van der Waals surface area contributed by atoms with Crippen molar-refractivity contribution in [3.63, 3.8) is 0 Å². The fraction of sp³-hybridized carbons (Fsp3) is 0.750. The normalized spacial score (nSPS) is 22.7. The molecule has 1 N–H and O–H groups in total. The molecule has 0 amide bonds. The quantitative estimate of drug-likeness (QED) is 0.664. The van der Waals surface area contributed by atoms with Crippen LogP contribution in [-0.2, 0) is 13.5 Å². The molecule has 1 aromatic heterocycles. The van der Waals surface area contributed by atoms with Gasteiger partial charge in [-0.15, -0.1) is 0 Å². The molecule has 7 heteroatoms. The number of aromatic nitrogens is 2. The third-order valence-electron chi connectivity index (χ3n) is 3.54. The van der Waals surface area contributed by atoms with Gasteiger partial charge in [0, 0.05) is 18.3 Å². The van der Waals surface area contributed by atoms with E-state index in [0.29, 0.717) is 17.9 Å². The van der Waals surface area contributed by atoms with E-state index < -0.39 is 0 Å². The molecule has 106 valence electrons. The van der Waals surface area contributed by atoms with Gasteiger partial charge in [-0.3, -0.25) is 10.1 Å². The topological polar surface area (TPSA) is 73.0 Å². The number of anilines is 1. The van der Waals surface area contributed by atoms with E-state index in [9.17, 15) is 10.1 Å². The molecule has 1 atom stereocenters. The summed E-state index contributed by atoms with van der Waals surface area (Å²) in [5.41, 5.74) is 0.663. The van der Waals surface area contributed by atoms with Gasteiger partial charge in [0.1, 0.15) is 5.69 Å². The van der Waals surface area contributed by atoms with Crippen LogP contribution in [0.4, 0.5) is 11.5 Å². The summed E-state index contributed by atoms with van der Waals surface area (Å²) >= 11 is 1.93. The van der Waals surface area contributed by atoms with Crippen molar-refractivity contribution in [1.29, 1.82) is 0 Å². The molecule has 0 spiro atoms. The van der Waals surface area contributed by atoms with Crippen LogP contribution in [-0.4, -0.2) is 31.7 Å². The Kier molecular flexibility index (Phi) is 4.03. The van der Waals surface area contributed by atoms with E-state index in [1.165, 1.54) is 12.2 Å². The Bertz CT molecular complexity index is 480. The molecule has 19 heavy (non-hydrogen) atoms. The Morgan fingerprint density at radius 2 is 2.37 bits per heavy atom. The summed E-state index contributed by atoms with van der Waals surface area (Å²) in [5.74, 6) is 1.70. The minimum absolute atomic E-state index is 0.122. The van der Waals surface area contributed by atoms with E-state index in [1.807, 2.05) is 18.7 Å². The average Bonchev–Trinajstić information content (AvgIpc) is 2.91. The highest BCUT2D eigenvalue weighted by Crippen LogP contribution is 2.38. The Morgan fingerprint density at radius 1 is 1.63 bits per heavy atom. The van der Waals surface area contributed by atoms with Crippen molar-refractivity contribution in [2.45, 2.75) is 37.9 Å². The lowest BCUT2D eigenvalue weighted by atomic mass is 10.1. The summed E-state index contributed by atoms with van der Waals surface area (Å²) in [5, 5.41) is 18.7. The Morgan fingerprint density at radius 3 is 2.89 bits per heavy atom. The Hall–Kier alpha value is -1.24. The maximum absolute atomic E-state index is 11.2. The third-order valence-corrected chi connectivity index (χ3v) is 5.08. The minimum Gasteiger partial charge on any atom is -0.363 e. The summed E-state index contributed by atoms with van der Waals surface area (Å²) in [6, 6.07) is 0. The smallest absolute Gasteiger partial charge is 0.333 e. The molecule has 6 nitrogen and oxygen atoms in total. The van der Waals surface area contributed by atoms with Crippen LogP contribution in [0.25, 0.3) is 0 Å². The van der Waals surface area contributed by atoms with Crippen molar-refractivity contribution in [2.75, 3.05) is 17.6 Å². The van der Waals surface area contributed by atoms with Gasteiger partial charge < -0.3 is 5.32 Å². The lowest BCUT2D eigenvalue weighted by molar-refractivity contribution is -0.384. The molecule has 0 aromatic carbocycles. The SMILES string of the molecule is CCc1nn(C)c(NCC2(C)CCCS2)c1[N+](=O)[O-]. The predicted molar refractivity (Wildman–Crippen MR) is 77.8 cm³/mol. The first-order valence-corrected chi connectivity index (χ1v) is 7.53. The number of rotatable bonds is 5. The molecule has 1 aliphatic heterocycles. The zero-order valence-electron chi connectivity index (χ0n) is 11.6. The summed E-state index contributed by atoms with van der Waals surface area (Å²) in [7, 11) is 1.75. The zero-order chi connectivity index (χ0) is 14.0. The second-order valence-corrected chi connectivity index (χ2v) is 6.82. The molecule has 2 heterocycles. The number of nitrogens with one attached hydrogen (secondary N) is 1. The van der Waals surface area contributed by atoms with Crippen molar-refractivity contribution in [2.24, 2.45) is 7.05 Å². The fourth-order valence-electron chi connectivity index (χ4n) is 2.44. The minimum atomic E-state index is -0.335. The molecule has 0 aliphatic carbocycles. The highest BCUT2D eigenvalue weighted by Gasteiger charge is 2.32. The van der Waals surface area contributed by atoms with Crippen LogP contribution in [0.2, 0.25) is 0 Å². The van der Waals surface area contributed by atoms with Crippen molar-refractivity contribution in [3.05, 3.63) is 15.8 Å². The van der Waals surface area contributed by atoms with Crippen LogP contribution in [0, 0.1) is 10.1 Å². The van der Waals surface area contributed by atoms with Gasteiger partial charge in [0.05, 0.1) is 4.92 Å². The van der Waals surface area contributed by atoms with Gasteiger partial charge in [0.2, 0.25) is 5.82 Å². The Labute approximate surface area is 117 Å². The summed E-state index contributed by atoms with van der Waals surface area (Å²) in [6.45, 7) is 4.83. The Balaban J connectivity index is 2.19. The first kappa shape index (κ1) is 14.2. The molecule has 1 fully saturated rings. The molecular formula is C12H20N4O2S. The fourth-order valence-corrected chi connectivity index (χ4v) is 3.69. The van der Waals surface area contributed by atoms with Crippen LogP contribution in [0.5, 0.6) is 0 Å². The van der Waals surface area contributed by atoms with Gasteiger partial charge in [-0.2, -0.15) is 16.9 Å². The molecule has 1 unspecified atom stereocenters. The summed E-state index contributed by atoms with van der Waals surface area (Å²) in [4.78, 5) is 10.9. The molecule has 1 aromatic rings. The van der Waals surface area contributed by atoms with E-state index >= 15 is 0 Å². The summed E-state index contributed by atoms with van der Waals surface area (Å²) < 4.78 is 1.75. The van der Waals surface area contributed by atoms with Crippen molar-refractivity contribution in [1.82, 2.24) is 9.78 Å². The highest BCUT2D eigenvalue weighted by molar-refractivity contribution is 8.00. The number of aryl methyl sites for hydroxylation is 2. The van der Waals surface area contributed by atoms with Gasteiger partial charge in [-0.25, -0.2) is 4.68 Å². The third kappa shape index (κ3) is 2.86. The first-order valence-electron chi connectivity index (χ1n) is 6.55. The van der Waals surface area contributed by atoms with Crippen LogP contribution in [0.3, 0.4) is 0 Å². The maximum Gasteiger partial charge on any atom is 0.333 e. The van der Waals surface area contributed by atoms with E-state index in [0.717, 1.165) is 13.0 Å².